The second-order valence-corrected chi connectivity index (χ2v) is 19.7. The van der Waals surface area contributed by atoms with Gasteiger partial charge in [-0.1, -0.05) is 60.1 Å². The van der Waals surface area contributed by atoms with Crippen LogP contribution < -0.4 is 0 Å². The number of aliphatic hydroxyl groups is 2. The highest BCUT2D eigenvalue weighted by atomic mass is 28.4. The summed E-state index contributed by atoms with van der Waals surface area (Å²) < 4.78 is 6.98. The lowest BCUT2D eigenvalue weighted by atomic mass is 9.41. The molecule has 1 unspecified atom stereocenters. The third kappa shape index (κ3) is 4.65. The van der Waals surface area contributed by atoms with Crippen LogP contribution in [0.15, 0.2) is 12.2 Å². The van der Waals surface area contributed by atoms with Crippen molar-refractivity contribution < 1.29 is 14.6 Å². The summed E-state index contributed by atoms with van der Waals surface area (Å²) in [6.45, 7) is 19.5. The molecular formula is C31H56O3Si. The minimum absolute atomic E-state index is 0.147. The predicted molar refractivity (Wildman–Crippen MR) is 149 cm³/mol. The predicted octanol–water partition coefficient (Wildman–Crippen LogP) is 7.58. The van der Waals surface area contributed by atoms with Gasteiger partial charge in [0.1, 0.15) is 0 Å². The van der Waals surface area contributed by atoms with Crippen LogP contribution in [-0.4, -0.2) is 37.3 Å². The molecule has 0 spiro atoms. The summed E-state index contributed by atoms with van der Waals surface area (Å²) in [6, 6.07) is 0. The number of hydrogen-bond donors (Lipinski definition) is 2. The van der Waals surface area contributed by atoms with Gasteiger partial charge in [-0.3, -0.25) is 0 Å². The summed E-state index contributed by atoms with van der Waals surface area (Å²) >= 11 is 0. The zero-order valence-electron chi connectivity index (χ0n) is 24.1. The molecule has 4 fully saturated rings. The standard InChI is InChI=1S/C31H56O3Si/c1-9-23-26-20-22(34-35(7,8)29(2,3)4)15-17-31(26,6)25-16-18-30(5)21(12-10-11-19-32)13-14-24(30)27(25)28(23)33/h10-11,21-28,32-33H,9,12-20H2,1-8H3/b11-10+/t21-,22?,23+,24-,25-,26-,27-,28+,30+,31+/m0/s1. The summed E-state index contributed by atoms with van der Waals surface area (Å²) in [5.41, 5.74) is 0.681. The van der Waals surface area contributed by atoms with Crippen molar-refractivity contribution in [2.75, 3.05) is 6.61 Å². The fourth-order valence-corrected chi connectivity index (χ4v) is 10.9. The van der Waals surface area contributed by atoms with E-state index in [0.29, 0.717) is 52.4 Å². The minimum atomic E-state index is -1.79. The van der Waals surface area contributed by atoms with Gasteiger partial charge in [0.2, 0.25) is 0 Å². The highest BCUT2D eigenvalue weighted by Crippen LogP contribution is 2.69. The number of rotatable bonds is 6. The Balaban J connectivity index is 1.57. The molecule has 0 aromatic carbocycles. The number of fused-ring (bicyclic) bond motifs is 5. The van der Waals surface area contributed by atoms with E-state index in [4.69, 9.17) is 4.43 Å². The van der Waals surface area contributed by atoms with Gasteiger partial charge < -0.3 is 14.6 Å². The maximum Gasteiger partial charge on any atom is 0.192 e. The molecule has 2 N–H and O–H groups in total. The molecule has 0 aromatic heterocycles. The molecule has 0 aliphatic heterocycles. The number of aliphatic hydroxyl groups excluding tert-OH is 2. The van der Waals surface area contributed by atoms with Crippen molar-refractivity contribution in [1.82, 2.24) is 0 Å². The smallest absolute Gasteiger partial charge is 0.192 e. The second kappa shape index (κ2) is 9.86. The summed E-state index contributed by atoms with van der Waals surface area (Å²) in [7, 11) is -1.79. The molecule has 4 heteroatoms. The fourth-order valence-electron chi connectivity index (χ4n) is 9.47. The Morgan fingerprint density at radius 2 is 1.60 bits per heavy atom. The molecule has 10 atom stereocenters. The van der Waals surface area contributed by atoms with Gasteiger partial charge >= 0.3 is 0 Å². The van der Waals surface area contributed by atoms with E-state index in [9.17, 15) is 10.2 Å². The average molecular weight is 505 g/mol. The van der Waals surface area contributed by atoms with E-state index in [1.165, 1.54) is 38.5 Å². The molecule has 3 nitrogen and oxygen atoms in total. The van der Waals surface area contributed by atoms with E-state index < -0.39 is 8.32 Å². The van der Waals surface area contributed by atoms with E-state index in [0.717, 1.165) is 19.3 Å². The van der Waals surface area contributed by atoms with Crippen LogP contribution in [0.3, 0.4) is 0 Å². The van der Waals surface area contributed by atoms with Gasteiger partial charge in [-0.05, 0) is 116 Å². The van der Waals surface area contributed by atoms with Gasteiger partial charge in [0.05, 0.1) is 12.7 Å². The van der Waals surface area contributed by atoms with Gasteiger partial charge in [-0.25, -0.2) is 0 Å². The largest absolute Gasteiger partial charge is 0.414 e. The van der Waals surface area contributed by atoms with Gasteiger partial charge in [0.25, 0.3) is 0 Å². The Bertz CT molecular complexity index is 772. The molecule has 0 radical (unpaired) electrons. The minimum Gasteiger partial charge on any atom is -0.414 e. The molecule has 4 aliphatic rings. The summed E-state index contributed by atoms with van der Waals surface area (Å²) in [6.07, 6.45) is 15.3. The van der Waals surface area contributed by atoms with Crippen molar-refractivity contribution in [2.24, 2.45) is 46.3 Å². The van der Waals surface area contributed by atoms with Crippen molar-refractivity contribution in [3.8, 4) is 0 Å². The monoisotopic (exact) mass is 504 g/mol. The lowest BCUT2D eigenvalue weighted by Gasteiger charge is -2.65. The van der Waals surface area contributed by atoms with E-state index in [1.54, 1.807) is 0 Å². The maximum atomic E-state index is 12.0. The SMILES string of the molecule is CC[C@H]1[C@@H](O)[C@@H]2[C@H](CC[C@]3(C)[C@@H](C/C=C/CO)CC[C@@H]23)[C@@]2(C)CCC(O[Si](C)(C)C(C)(C)C)C[C@@H]12. The van der Waals surface area contributed by atoms with E-state index in [1.807, 2.05) is 6.08 Å². The molecule has 4 rings (SSSR count). The van der Waals surface area contributed by atoms with Crippen LogP contribution in [0.1, 0.15) is 99.3 Å². The molecule has 0 aromatic rings. The van der Waals surface area contributed by atoms with E-state index in [2.05, 4.69) is 60.7 Å². The van der Waals surface area contributed by atoms with E-state index >= 15 is 0 Å². The van der Waals surface area contributed by atoms with Crippen molar-refractivity contribution >= 4 is 8.32 Å². The van der Waals surface area contributed by atoms with Crippen LogP contribution in [0, 0.1) is 46.3 Å². The number of hydrogen-bond acceptors (Lipinski definition) is 3. The molecule has 0 heterocycles. The molecule has 0 bridgehead atoms. The lowest BCUT2D eigenvalue weighted by molar-refractivity contribution is -0.201. The highest BCUT2D eigenvalue weighted by Gasteiger charge is 2.64. The van der Waals surface area contributed by atoms with Crippen LogP contribution in [-0.2, 0) is 4.43 Å². The molecule has 202 valence electrons. The molecule has 4 saturated carbocycles. The Labute approximate surface area is 217 Å². The first kappa shape index (κ1) is 27.9. The quantitative estimate of drug-likeness (QED) is 0.289. The van der Waals surface area contributed by atoms with Crippen LogP contribution in [0.4, 0.5) is 0 Å². The van der Waals surface area contributed by atoms with Gasteiger partial charge in [-0.15, -0.1) is 0 Å². The van der Waals surface area contributed by atoms with Crippen LogP contribution >= 0.6 is 0 Å². The zero-order valence-corrected chi connectivity index (χ0v) is 25.1. The summed E-state index contributed by atoms with van der Waals surface area (Å²) in [5.74, 6) is 3.46. The first-order valence-electron chi connectivity index (χ1n) is 14.9. The Morgan fingerprint density at radius 1 is 0.943 bits per heavy atom. The number of allylic oxidation sites excluding steroid dienone is 1. The first-order chi connectivity index (χ1) is 16.3. The molecule has 35 heavy (non-hydrogen) atoms. The summed E-state index contributed by atoms with van der Waals surface area (Å²) in [4.78, 5) is 0. The van der Waals surface area contributed by atoms with Gasteiger partial charge in [0, 0.05) is 6.10 Å². The van der Waals surface area contributed by atoms with Crippen molar-refractivity contribution in [1.29, 1.82) is 0 Å². The van der Waals surface area contributed by atoms with Crippen LogP contribution in [0.2, 0.25) is 18.1 Å². The fraction of sp³-hybridized carbons (Fsp3) is 0.935. The molecule has 4 aliphatic carbocycles. The van der Waals surface area contributed by atoms with Crippen LogP contribution in [0.25, 0.3) is 0 Å². The van der Waals surface area contributed by atoms with Gasteiger partial charge in [-0.2, -0.15) is 0 Å². The van der Waals surface area contributed by atoms with Crippen molar-refractivity contribution in [3.05, 3.63) is 12.2 Å². The third-order valence-electron chi connectivity index (χ3n) is 12.5. The summed E-state index contributed by atoms with van der Waals surface area (Å²) in [5, 5.41) is 21.5. The van der Waals surface area contributed by atoms with Crippen molar-refractivity contribution in [2.45, 2.75) is 130 Å². The van der Waals surface area contributed by atoms with Crippen LogP contribution in [0.5, 0.6) is 0 Å². The molecule has 0 saturated heterocycles. The zero-order chi connectivity index (χ0) is 25.8. The average Bonchev–Trinajstić information content (AvgIpc) is 3.10. The first-order valence-corrected chi connectivity index (χ1v) is 17.8. The third-order valence-corrected chi connectivity index (χ3v) is 17.1. The Hall–Kier alpha value is -0.163. The second-order valence-electron chi connectivity index (χ2n) is 14.9. The molecular weight excluding hydrogens is 448 g/mol. The Morgan fingerprint density at radius 3 is 2.23 bits per heavy atom. The Kier molecular flexibility index (Phi) is 7.85. The maximum absolute atomic E-state index is 12.0. The normalized spacial score (nSPS) is 46.3. The topological polar surface area (TPSA) is 49.7 Å². The molecule has 0 amide bonds. The van der Waals surface area contributed by atoms with Gasteiger partial charge in [0.15, 0.2) is 8.32 Å². The lowest BCUT2D eigenvalue weighted by Crippen LogP contribution is -2.62. The highest BCUT2D eigenvalue weighted by molar-refractivity contribution is 6.74. The van der Waals surface area contributed by atoms with Crippen molar-refractivity contribution in [3.63, 3.8) is 0 Å². The van der Waals surface area contributed by atoms with E-state index in [-0.39, 0.29) is 17.7 Å².